The molecule has 3 aromatic carbocycles. The maximum Gasteiger partial charge on any atom is 0.271 e. The van der Waals surface area contributed by atoms with Crippen molar-refractivity contribution in [2.24, 2.45) is 10.2 Å². The van der Waals surface area contributed by atoms with Gasteiger partial charge in [-0.2, -0.15) is 10.2 Å². The van der Waals surface area contributed by atoms with Crippen molar-refractivity contribution in [3.8, 4) is 5.75 Å². The summed E-state index contributed by atoms with van der Waals surface area (Å²) in [5.74, 6) is -0.612. The molecule has 3 aromatic rings. The summed E-state index contributed by atoms with van der Waals surface area (Å²) < 4.78 is 11.0. The number of carbonyl (C=O) groups is 2. The lowest BCUT2D eigenvalue weighted by molar-refractivity contribution is 0.0946. The summed E-state index contributed by atoms with van der Waals surface area (Å²) in [4.78, 5) is 25.0. The van der Waals surface area contributed by atoms with Gasteiger partial charge in [0.15, 0.2) is 11.8 Å². The van der Waals surface area contributed by atoms with Crippen molar-refractivity contribution < 1.29 is 19.1 Å². The Balaban J connectivity index is 1.66. The molecule has 1 unspecified atom stereocenters. The molecule has 2 amide bonds. The standard InChI is InChI=1S/C25H21N5O4/c1-33-19-14-8-13-18(15-19)22-20(27-29-24(31)16-9-4-2-5-10-16)21(23(26)34-22)28-30-25(32)17-11-6-3-7-12-17/h2-15,22,26H,1H3,(H,29,31)(H,30,32). The van der Waals surface area contributed by atoms with Gasteiger partial charge in [-0.3, -0.25) is 15.0 Å². The third-order valence-electron chi connectivity index (χ3n) is 4.96. The van der Waals surface area contributed by atoms with Crippen molar-refractivity contribution in [3.05, 3.63) is 102 Å². The summed E-state index contributed by atoms with van der Waals surface area (Å²) in [5, 5.41) is 16.6. The first kappa shape index (κ1) is 22.4. The molecule has 9 heteroatoms. The van der Waals surface area contributed by atoms with Crippen LogP contribution in [0, 0.1) is 5.41 Å². The molecule has 0 bridgehead atoms. The molecule has 34 heavy (non-hydrogen) atoms. The van der Waals surface area contributed by atoms with E-state index in [1.54, 1.807) is 84.9 Å². The number of benzene rings is 3. The van der Waals surface area contributed by atoms with Gasteiger partial charge in [-0.15, -0.1) is 0 Å². The quantitative estimate of drug-likeness (QED) is 0.493. The number of nitrogens with one attached hydrogen (secondary N) is 3. The van der Waals surface area contributed by atoms with Crippen LogP contribution in [0.3, 0.4) is 0 Å². The summed E-state index contributed by atoms with van der Waals surface area (Å²) in [7, 11) is 1.54. The van der Waals surface area contributed by atoms with Crippen LogP contribution in [0.1, 0.15) is 32.4 Å². The van der Waals surface area contributed by atoms with Crippen LogP contribution in [0.25, 0.3) is 0 Å². The zero-order valence-corrected chi connectivity index (χ0v) is 18.2. The van der Waals surface area contributed by atoms with E-state index >= 15 is 0 Å². The Morgan fingerprint density at radius 2 is 1.44 bits per heavy atom. The highest BCUT2D eigenvalue weighted by Gasteiger charge is 2.38. The normalized spacial score (nSPS) is 17.3. The molecular weight excluding hydrogens is 434 g/mol. The second-order valence-electron chi connectivity index (χ2n) is 7.17. The Labute approximate surface area is 195 Å². The van der Waals surface area contributed by atoms with Crippen LogP contribution in [0.4, 0.5) is 0 Å². The predicted octanol–water partition coefficient (Wildman–Crippen LogP) is 3.32. The van der Waals surface area contributed by atoms with Crippen molar-refractivity contribution in [2.45, 2.75) is 6.10 Å². The SMILES string of the molecule is COc1cccc(C2OC(=N)C(=NNC(=O)c3ccccc3)C2=NNC(=O)c2ccccc2)c1. The van der Waals surface area contributed by atoms with Gasteiger partial charge in [0.05, 0.1) is 7.11 Å². The fourth-order valence-electron chi connectivity index (χ4n) is 3.25. The first-order valence-electron chi connectivity index (χ1n) is 10.3. The van der Waals surface area contributed by atoms with Crippen LogP contribution >= 0.6 is 0 Å². The van der Waals surface area contributed by atoms with Gasteiger partial charge in [0.25, 0.3) is 11.8 Å². The van der Waals surface area contributed by atoms with E-state index in [-0.39, 0.29) is 17.3 Å². The van der Waals surface area contributed by atoms with Gasteiger partial charge in [0, 0.05) is 16.7 Å². The fourth-order valence-corrected chi connectivity index (χ4v) is 3.25. The molecular formula is C25H21N5O4. The molecule has 1 atom stereocenters. The molecule has 0 saturated carbocycles. The van der Waals surface area contributed by atoms with Crippen molar-refractivity contribution in [1.29, 1.82) is 5.41 Å². The highest BCUT2D eigenvalue weighted by atomic mass is 16.5. The third kappa shape index (κ3) is 4.99. The first-order chi connectivity index (χ1) is 16.6. The summed E-state index contributed by atoms with van der Waals surface area (Å²) in [5.41, 5.74) is 6.51. The topological polar surface area (TPSA) is 125 Å². The molecule has 0 aliphatic carbocycles. The maximum atomic E-state index is 12.5. The average molecular weight is 455 g/mol. The lowest BCUT2D eigenvalue weighted by atomic mass is 10.0. The minimum Gasteiger partial charge on any atom is -0.497 e. The lowest BCUT2D eigenvalue weighted by Gasteiger charge is -2.12. The molecule has 1 saturated heterocycles. The summed E-state index contributed by atoms with van der Waals surface area (Å²) in [6.07, 6.45) is -0.842. The van der Waals surface area contributed by atoms with Crippen LogP contribution in [-0.2, 0) is 4.74 Å². The Morgan fingerprint density at radius 1 is 0.853 bits per heavy atom. The number of rotatable bonds is 6. The summed E-state index contributed by atoms with van der Waals surface area (Å²) in [6, 6.07) is 24.2. The number of hydrogen-bond donors (Lipinski definition) is 3. The zero-order chi connectivity index (χ0) is 23.9. The van der Waals surface area contributed by atoms with Crippen LogP contribution < -0.4 is 15.6 Å². The van der Waals surface area contributed by atoms with Crippen LogP contribution in [-0.4, -0.2) is 36.2 Å². The molecule has 1 aliphatic rings. The van der Waals surface area contributed by atoms with E-state index < -0.39 is 17.9 Å². The monoisotopic (exact) mass is 455 g/mol. The van der Waals surface area contributed by atoms with E-state index in [2.05, 4.69) is 21.1 Å². The van der Waals surface area contributed by atoms with Crippen molar-refractivity contribution in [3.63, 3.8) is 0 Å². The number of carbonyl (C=O) groups excluding carboxylic acids is 2. The van der Waals surface area contributed by atoms with E-state index in [1.807, 2.05) is 0 Å². The second kappa shape index (κ2) is 10.2. The second-order valence-corrected chi connectivity index (χ2v) is 7.17. The molecule has 170 valence electrons. The molecule has 1 aliphatic heterocycles. The Hall–Kier alpha value is -4.79. The molecule has 0 spiro atoms. The Morgan fingerprint density at radius 3 is 2.03 bits per heavy atom. The number of methoxy groups -OCH3 is 1. The van der Waals surface area contributed by atoms with Gasteiger partial charge in [0.1, 0.15) is 11.5 Å². The first-order valence-corrected chi connectivity index (χ1v) is 10.3. The highest BCUT2D eigenvalue weighted by molar-refractivity contribution is 6.69. The summed E-state index contributed by atoms with van der Waals surface area (Å²) in [6.45, 7) is 0. The Kier molecular flexibility index (Phi) is 6.73. The summed E-state index contributed by atoms with van der Waals surface area (Å²) >= 11 is 0. The van der Waals surface area contributed by atoms with Gasteiger partial charge in [0.2, 0.25) is 5.90 Å². The van der Waals surface area contributed by atoms with E-state index in [0.29, 0.717) is 22.4 Å². The van der Waals surface area contributed by atoms with Crippen molar-refractivity contribution >= 4 is 29.1 Å². The molecule has 1 fully saturated rings. The zero-order valence-electron chi connectivity index (χ0n) is 18.2. The van der Waals surface area contributed by atoms with Gasteiger partial charge < -0.3 is 9.47 Å². The number of amides is 2. The minimum absolute atomic E-state index is 0.00883. The van der Waals surface area contributed by atoms with Gasteiger partial charge in [-0.25, -0.2) is 10.9 Å². The predicted molar refractivity (Wildman–Crippen MR) is 127 cm³/mol. The molecule has 0 aromatic heterocycles. The number of ether oxygens (including phenoxy) is 2. The van der Waals surface area contributed by atoms with Crippen LogP contribution in [0.15, 0.2) is 95.1 Å². The van der Waals surface area contributed by atoms with Gasteiger partial charge in [-0.05, 0) is 36.4 Å². The molecule has 3 N–H and O–H groups in total. The van der Waals surface area contributed by atoms with Crippen LogP contribution in [0.2, 0.25) is 0 Å². The van der Waals surface area contributed by atoms with Crippen LogP contribution in [0.5, 0.6) is 5.75 Å². The van der Waals surface area contributed by atoms with E-state index in [9.17, 15) is 9.59 Å². The van der Waals surface area contributed by atoms with E-state index in [4.69, 9.17) is 14.9 Å². The number of nitrogens with zero attached hydrogens (tertiary/aromatic N) is 2. The molecule has 0 radical (unpaired) electrons. The lowest BCUT2D eigenvalue weighted by Crippen LogP contribution is -2.28. The average Bonchev–Trinajstić information content (AvgIpc) is 3.21. The molecule has 4 rings (SSSR count). The minimum atomic E-state index is -0.842. The van der Waals surface area contributed by atoms with E-state index in [0.717, 1.165) is 0 Å². The highest BCUT2D eigenvalue weighted by Crippen LogP contribution is 2.29. The fraction of sp³-hybridized carbons (Fsp3) is 0.0800. The molecule has 1 heterocycles. The van der Waals surface area contributed by atoms with Crippen molar-refractivity contribution in [1.82, 2.24) is 10.9 Å². The van der Waals surface area contributed by atoms with E-state index in [1.165, 1.54) is 7.11 Å². The Bertz CT molecular complexity index is 1270. The maximum absolute atomic E-state index is 12.5. The smallest absolute Gasteiger partial charge is 0.271 e. The van der Waals surface area contributed by atoms with Gasteiger partial charge in [-0.1, -0.05) is 48.5 Å². The number of hydrazone groups is 2. The largest absolute Gasteiger partial charge is 0.497 e. The third-order valence-corrected chi connectivity index (χ3v) is 4.96. The molecule has 9 nitrogen and oxygen atoms in total. The van der Waals surface area contributed by atoms with Crippen molar-refractivity contribution in [2.75, 3.05) is 7.11 Å². The number of hydrogen-bond acceptors (Lipinski definition) is 7. The van der Waals surface area contributed by atoms with Gasteiger partial charge >= 0.3 is 0 Å².